The molecule has 1 unspecified atom stereocenters. The predicted octanol–water partition coefficient (Wildman–Crippen LogP) is 4.15. The summed E-state index contributed by atoms with van der Waals surface area (Å²) < 4.78 is 5.58. The number of hydrogen-bond donors (Lipinski definition) is 1. The van der Waals surface area contributed by atoms with Crippen LogP contribution in [0.25, 0.3) is 11.5 Å². The van der Waals surface area contributed by atoms with Gasteiger partial charge in [-0.1, -0.05) is 19.3 Å². The summed E-state index contributed by atoms with van der Waals surface area (Å²) >= 11 is 0. The summed E-state index contributed by atoms with van der Waals surface area (Å²) in [5.74, 6) is 2.94. The summed E-state index contributed by atoms with van der Waals surface area (Å²) in [5, 5.41) is 3.89. The van der Waals surface area contributed by atoms with Crippen LogP contribution in [0.4, 0.5) is 0 Å². The van der Waals surface area contributed by atoms with E-state index in [1.807, 2.05) is 19.1 Å². The third-order valence-electron chi connectivity index (χ3n) is 7.14. The molecule has 5 heterocycles. The van der Waals surface area contributed by atoms with E-state index in [-0.39, 0.29) is 0 Å². The van der Waals surface area contributed by atoms with E-state index >= 15 is 0 Å². The number of nitrogens with one attached hydrogen (secondary N) is 1. The third kappa shape index (κ3) is 3.74. The molecule has 0 spiro atoms. The molecule has 2 aromatic heterocycles. The Hall–Kier alpha value is -1.72. The average molecular weight is 381 g/mol. The maximum absolute atomic E-state index is 5.58. The van der Waals surface area contributed by atoms with E-state index in [1.165, 1.54) is 57.2 Å². The van der Waals surface area contributed by atoms with Gasteiger partial charge in [-0.15, -0.1) is 0 Å². The molecule has 5 heteroatoms. The second kappa shape index (κ2) is 7.96. The first kappa shape index (κ1) is 18.3. The molecule has 3 saturated heterocycles. The van der Waals surface area contributed by atoms with Crippen LogP contribution in [0.5, 0.6) is 0 Å². The maximum Gasteiger partial charge on any atom is 0.152 e. The van der Waals surface area contributed by atoms with Crippen molar-refractivity contribution in [3.05, 3.63) is 36.0 Å². The highest BCUT2D eigenvalue weighted by Gasteiger charge is 2.41. The number of furan rings is 1. The lowest BCUT2D eigenvalue weighted by Crippen LogP contribution is -2.56. The van der Waals surface area contributed by atoms with Crippen molar-refractivity contribution in [2.75, 3.05) is 19.6 Å². The molecule has 28 heavy (non-hydrogen) atoms. The summed E-state index contributed by atoms with van der Waals surface area (Å²) in [6.45, 7) is 5.53. The second-order valence-electron chi connectivity index (χ2n) is 8.99. The first-order valence-corrected chi connectivity index (χ1v) is 11.1. The standard InChI is InChI=1S/C23H32N4O/c1-16-25-21(13-22(26-16)23-8-5-11-28-23)20-15-27-10-9-17(20)12-19(27)14-24-18-6-3-2-4-7-18/h5,8,11,13,17-20,24H,2-4,6-7,9-10,12,14-15H2,1H3/t17-,19+,20+/m0/s1. The van der Waals surface area contributed by atoms with Gasteiger partial charge in [-0.25, -0.2) is 9.97 Å². The van der Waals surface area contributed by atoms with Crippen molar-refractivity contribution < 1.29 is 4.42 Å². The fourth-order valence-electron chi connectivity index (χ4n) is 5.63. The first-order chi connectivity index (χ1) is 13.8. The number of fused-ring (bicyclic) bond motifs is 3. The van der Waals surface area contributed by atoms with E-state index in [1.54, 1.807) is 6.26 Å². The summed E-state index contributed by atoms with van der Waals surface area (Å²) in [4.78, 5) is 12.1. The molecule has 0 radical (unpaired) electrons. The van der Waals surface area contributed by atoms with Gasteiger partial charge < -0.3 is 9.73 Å². The van der Waals surface area contributed by atoms with Crippen LogP contribution < -0.4 is 5.32 Å². The molecule has 0 aromatic carbocycles. The van der Waals surface area contributed by atoms with Crippen LogP contribution in [-0.2, 0) is 0 Å². The van der Waals surface area contributed by atoms with Gasteiger partial charge in [0.25, 0.3) is 0 Å². The van der Waals surface area contributed by atoms with Crippen LogP contribution in [0, 0.1) is 12.8 Å². The Labute approximate surface area is 167 Å². The van der Waals surface area contributed by atoms with Gasteiger partial charge in [0, 0.05) is 36.8 Å². The molecular formula is C23H32N4O. The Balaban J connectivity index is 1.27. The van der Waals surface area contributed by atoms with Crippen molar-refractivity contribution in [2.24, 2.45) is 5.92 Å². The van der Waals surface area contributed by atoms with E-state index in [0.29, 0.717) is 12.0 Å². The number of aromatic nitrogens is 2. The maximum atomic E-state index is 5.58. The van der Waals surface area contributed by atoms with E-state index in [2.05, 4.69) is 21.3 Å². The zero-order valence-corrected chi connectivity index (χ0v) is 16.9. The molecule has 2 bridgehead atoms. The zero-order chi connectivity index (χ0) is 18.9. The lowest BCUT2D eigenvalue weighted by atomic mass is 9.74. The van der Waals surface area contributed by atoms with Gasteiger partial charge >= 0.3 is 0 Å². The van der Waals surface area contributed by atoms with Crippen molar-refractivity contribution in [2.45, 2.75) is 69.9 Å². The Morgan fingerprint density at radius 3 is 2.82 bits per heavy atom. The molecule has 4 atom stereocenters. The molecule has 1 aliphatic carbocycles. The van der Waals surface area contributed by atoms with E-state index in [0.717, 1.165) is 42.3 Å². The fourth-order valence-corrected chi connectivity index (χ4v) is 5.63. The topological polar surface area (TPSA) is 54.2 Å². The highest BCUT2D eigenvalue weighted by Crippen LogP contribution is 2.41. The number of piperidine rings is 3. The van der Waals surface area contributed by atoms with Crippen LogP contribution >= 0.6 is 0 Å². The number of aryl methyl sites for hydroxylation is 1. The van der Waals surface area contributed by atoms with Crippen LogP contribution in [0.15, 0.2) is 28.9 Å². The molecule has 2 aromatic rings. The molecule has 3 aliphatic heterocycles. The molecular weight excluding hydrogens is 348 g/mol. The highest BCUT2D eigenvalue weighted by atomic mass is 16.3. The van der Waals surface area contributed by atoms with Crippen molar-refractivity contribution in [1.29, 1.82) is 0 Å². The minimum atomic E-state index is 0.523. The summed E-state index contributed by atoms with van der Waals surface area (Å²) in [6.07, 6.45) is 11.3. The minimum absolute atomic E-state index is 0.523. The second-order valence-corrected chi connectivity index (χ2v) is 8.99. The van der Waals surface area contributed by atoms with Gasteiger partial charge in [0.15, 0.2) is 5.76 Å². The SMILES string of the molecule is Cc1nc(-c2ccco2)cc([C@@H]2CN3CC[C@H]2C[C@@H]3CNC2CCCCC2)n1. The monoisotopic (exact) mass is 380 g/mol. The Morgan fingerprint density at radius 1 is 1.18 bits per heavy atom. The highest BCUT2D eigenvalue weighted by molar-refractivity contribution is 5.52. The van der Waals surface area contributed by atoms with E-state index in [4.69, 9.17) is 9.40 Å². The smallest absolute Gasteiger partial charge is 0.152 e. The van der Waals surface area contributed by atoms with Gasteiger partial charge in [0.05, 0.1) is 6.26 Å². The van der Waals surface area contributed by atoms with Crippen LogP contribution in [0.1, 0.15) is 62.4 Å². The average Bonchev–Trinajstić information content (AvgIpc) is 3.28. The molecule has 6 rings (SSSR count). The molecule has 5 nitrogen and oxygen atoms in total. The number of hydrogen-bond acceptors (Lipinski definition) is 5. The third-order valence-corrected chi connectivity index (χ3v) is 7.14. The normalized spacial score (nSPS) is 30.6. The largest absolute Gasteiger partial charge is 0.463 e. The van der Waals surface area contributed by atoms with Crippen molar-refractivity contribution in [3.8, 4) is 11.5 Å². The van der Waals surface area contributed by atoms with Gasteiger partial charge in [-0.3, -0.25) is 4.90 Å². The molecule has 4 fully saturated rings. The molecule has 150 valence electrons. The molecule has 1 N–H and O–H groups in total. The Morgan fingerprint density at radius 2 is 2.07 bits per heavy atom. The molecule has 4 aliphatic rings. The van der Waals surface area contributed by atoms with E-state index < -0.39 is 0 Å². The molecule has 0 amide bonds. The van der Waals surface area contributed by atoms with Crippen molar-refractivity contribution >= 4 is 0 Å². The van der Waals surface area contributed by atoms with Gasteiger partial charge in [-0.2, -0.15) is 0 Å². The van der Waals surface area contributed by atoms with Gasteiger partial charge in [0.1, 0.15) is 11.5 Å². The van der Waals surface area contributed by atoms with E-state index in [9.17, 15) is 0 Å². The van der Waals surface area contributed by atoms with Gasteiger partial charge in [0.2, 0.25) is 0 Å². The number of rotatable bonds is 5. The summed E-state index contributed by atoms with van der Waals surface area (Å²) in [6, 6.07) is 7.52. The lowest BCUT2D eigenvalue weighted by Gasteiger charge is -2.50. The van der Waals surface area contributed by atoms with Crippen LogP contribution in [0.3, 0.4) is 0 Å². The quantitative estimate of drug-likeness (QED) is 0.845. The van der Waals surface area contributed by atoms with Crippen LogP contribution in [0.2, 0.25) is 0 Å². The zero-order valence-electron chi connectivity index (χ0n) is 16.9. The fraction of sp³-hybridized carbons (Fsp3) is 0.652. The molecule has 1 saturated carbocycles. The number of nitrogens with zero attached hydrogens (tertiary/aromatic N) is 3. The Kier molecular flexibility index (Phi) is 5.20. The van der Waals surface area contributed by atoms with Gasteiger partial charge in [-0.05, 0) is 63.3 Å². The van der Waals surface area contributed by atoms with Crippen molar-refractivity contribution in [1.82, 2.24) is 20.2 Å². The lowest BCUT2D eigenvalue weighted by molar-refractivity contribution is 0.0275. The van der Waals surface area contributed by atoms with Crippen LogP contribution in [-0.4, -0.2) is 46.6 Å². The van der Waals surface area contributed by atoms with Crippen molar-refractivity contribution in [3.63, 3.8) is 0 Å². The summed E-state index contributed by atoms with van der Waals surface area (Å²) in [5.41, 5.74) is 2.12. The Bertz CT molecular complexity index is 784. The minimum Gasteiger partial charge on any atom is -0.463 e. The first-order valence-electron chi connectivity index (χ1n) is 11.1. The predicted molar refractivity (Wildman–Crippen MR) is 110 cm³/mol. The summed E-state index contributed by atoms with van der Waals surface area (Å²) in [7, 11) is 0.